The highest BCUT2D eigenvalue weighted by Gasteiger charge is 2.62. The first-order chi connectivity index (χ1) is 24.4. The Labute approximate surface area is 288 Å². The molecular weight excluding hydrogens is 660 g/mol. The monoisotopic (exact) mass is 688 g/mol. The topological polar surface area (TPSA) is 210 Å². The Hall–Kier alpha value is -6.50. The minimum absolute atomic E-state index is 0.00104. The minimum Gasteiger partial charge on any atom is -0.507 e. The smallest absolute Gasteiger partial charge is 0.339 e. The fraction of sp³-hybridized carbons (Fsp3) is 0.211. The van der Waals surface area contributed by atoms with Crippen molar-refractivity contribution < 1.29 is 54.3 Å². The van der Waals surface area contributed by atoms with E-state index in [1.165, 1.54) is 18.2 Å². The van der Waals surface area contributed by atoms with Crippen LogP contribution in [0.1, 0.15) is 45.0 Å². The second-order valence-corrected chi connectivity index (χ2v) is 13.3. The van der Waals surface area contributed by atoms with Crippen molar-refractivity contribution in [1.82, 2.24) is 0 Å². The number of carbonyl (C=O) groups excluding carboxylic acids is 4. The lowest BCUT2D eigenvalue weighted by molar-refractivity contribution is -0.126. The standard InChI is InChI=1S/C38H28N2O11/c41-27-12-11-20(18-3-1-2-4-19(18)27)30-21-9-10-24-31(35(46)39(33(24)44)16-5-7-22(37(48)49)28(42)13-16)25(21)15-26-32(30)36(47)40(34(26)45)17-6-8-23(38(50)51)29(43)14-17/h1-9,11-14,24-26,30-32,41-43H,10,15H2,(H,48,49)(H,50,51)/t24-,25+,26+,30-,31-,32+/m0/s1. The van der Waals surface area contributed by atoms with Crippen molar-refractivity contribution in [2.24, 2.45) is 29.6 Å². The van der Waals surface area contributed by atoms with Crippen molar-refractivity contribution in [2.45, 2.75) is 18.8 Å². The number of carboxylic acid groups (broad SMARTS) is 2. The average Bonchev–Trinajstić information content (AvgIpc) is 3.50. The van der Waals surface area contributed by atoms with Crippen molar-refractivity contribution >= 4 is 57.7 Å². The average molecular weight is 689 g/mol. The molecule has 2 aliphatic carbocycles. The summed E-state index contributed by atoms with van der Waals surface area (Å²) in [6.45, 7) is 0. The summed E-state index contributed by atoms with van der Waals surface area (Å²) in [7, 11) is 0. The summed E-state index contributed by atoms with van der Waals surface area (Å²) < 4.78 is 0. The fourth-order valence-electron chi connectivity index (χ4n) is 8.70. The number of aromatic hydroxyl groups is 3. The SMILES string of the molecule is O=C(O)c1ccc(N2C(=O)[C@H]3[C@H](CC=C4[C@H]3C[C@H]3C(=O)N(c5ccc(C(=O)O)c(O)c5)C(=O)[C@H]3[C@H]4c3ccc(O)c4ccccc34)C2=O)cc1O. The molecule has 256 valence electrons. The summed E-state index contributed by atoms with van der Waals surface area (Å²) in [5.74, 6) is -11.5. The van der Waals surface area contributed by atoms with Gasteiger partial charge in [-0.2, -0.15) is 0 Å². The number of carbonyl (C=O) groups is 6. The lowest BCUT2D eigenvalue weighted by Crippen LogP contribution is -2.43. The molecular formula is C38H28N2O11. The van der Waals surface area contributed by atoms with Gasteiger partial charge in [0, 0.05) is 23.4 Å². The Bertz CT molecular complexity index is 2310. The van der Waals surface area contributed by atoms with E-state index in [0.29, 0.717) is 21.9 Å². The highest BCUT2D eigenvalue weighted by molar-refractivity contribution is 6.24. The van der Waals surface area contributed by atoms with Crippen molar-refractivity contribution in [2.75, 3.05) is 9.80 Å². The Morgan fingerprint density at radius 2 is 1.14 bits per heavy atom. The highest BCUT2D eigenvalue weighted by atomic mass is 16.4. The Kier molecular flexibility index (Phi) is 7.02. The van der Waals surface area contributed by atoms with Crippen LogP contribution in [-0.2, 0) is 19.2 Å². The zero-order valence-electron chi connectivity index (χ0n) is 26.5. The van der Waals surface area contributed by atoms with Crippen LogP contribution >= 0.6 is 0 Å². The molecule has 8 rings (SSSR count). The lowest BCUT2D eigenvalue weighted by atomic mass is 9.57. The molecule has 0 unspecified atom stereocenters. The number of phenolic OH excluding ortho intramolecular Hbond substituents is 1. The van der Waals surface area contributed by atoms with Gasteiger partial charge in [0.15, 0.2) is 0 Å². The molecule has 13 heteroatoms. The number of imide groups is 2. The van der Waals surface area contributed by atoms with Gasteiger partial charge < -0.3 is 25.5 Å². The number of hydrogen-bond acceptors (Lipinski definition) is 9. The van der Waals surface area contributed by atoms with Crippen LogP contribution in [-0.4, -0.2) is 61.1 Å². The summed E-state index contributed by atoms with van der Waals surface area (Å²) >= 11 is 0. The minimum atomic E-state index is -1.39. The van der Waals surface area contributed by atoms with Gasteiger partial charge in [0.2, 0.25) is 23.6 Å². The number of carboxylic acids is 2. The maximum absolute atomic E-state index is 14.5. The second-order valence-electron chi connectivity index (χ2n) is 13.3. The van der Waals surface area contributed by atoms with Gasteiger partial charge in [0.05, 0.1) is 35.0 Å². The summed E-state index contributed by atoms with van der Waals surface area (Å²) in [5.41, 5.74) is 0.484. The molecule has 2 saturated heterocycles. The number of anilines is 2. The molecule has 1 saturated carbocycles. The van der Waals surface area contributed by atoms with Crippen LogP contribution in [0.25, 0.3) is 10.8 Å². The number of rotatable bonds is 5. The number of allylic oxidation sites excluding steroid dienone is 2. The van der Waals surface area contributed by atoms with Crippen molar-refractivity contribution in [3.8, 4) is 17.2 Å². The van der Waals surface area contributed by atoms with Crippen LogP contribution < -0.4 is 9.80 Å². The van der Waals surface area contributed by atoms with Gasteiger partial charge in [-0.1, -0.05) is 42.0 Å². The molecule has 4 amide bonds. The number of hydrogen-bond donors (Lipinski definition) is 5. The molecule has 5 N–H and O–H groups in total. The van der Waals surface area contributed by atoms with Crippen LogP contribution in [0.3, 0.4) is 0 Å². The van der Waals surface area contributed by atoms with Crippen molar-refractivity contribution in [3.05, 3.63) is 101 Å². The van der Waals surface area contributed by atoms with E-state index in [-0.39, 0.29) is 30.0 Å². The Balaban J connectivity index is 1.26. The molecule has 4 aromatic rings. The fourth-order valence-corrected chi connectivity index (χ4v) is 8.70. The largest absolute Gasteiger partial charge is 0.507 e. The predicted molar refractivity (Wildman–Crippen MR) is 178 cm³/mol. The molecule has 13 nitrogen and oxygen atoms in total. The normalized spacial score (nSPS) is 25.5. The molecule has 4 aromatic carbocycles. The van der Waals surface area contributed by atoms with E-state index in [1.807, 2.05) is 6.08 Å². The summed E-state index contributed by atoms with van der Waals surface area (Å²) in [4.78, 5) is 81.8. The van der Waals surface area contributed by atoms with Gasteiger partial charge in [-0.15, -0.1) is 0 Å². The van der Waals surface area contributed by atoms with E-state index in [4.69, 9.17) is 0 Å². The number of aromatic carboxylic acids is 2. The maximum Gasteiger partial charge on any atom is 0.339 e. The first kappa shape index (κ1) is 31.7. The Morgan fingerprint density at radius 3 is 1.71 bits per heavy atom. The van der Waals surface area contributed by atoms with E-state index in [1.54, 1.807) is 30.3 Å². The molecule has 2 heterocycles. The van der Waals surface area contributed by atoms with E-state index in [9.17, 15) is 54.3 Å². The maximum atomic E-state index is 14.5. The van der Waals surface area contributed by atoms with Crippen LogP contribution in [0.2, 0.25) is 0 Å². The number of fused-ring (bicyclic) bond motifs is 5. The number of nitrogens with zero attached hydrogens (tertiary/aromatic N) is 2. The summed E-state index contributed by atoms with van der Waals surface area (Å²) in [5, 5.41) is 51.4. The molecule has 51 heavy (non-hydrogen) atoms. The Morgan fingerprint density at radius 1 is 0.588 bits per heavy atom. The van der Waals surface area contributed by atoms with Gasteiger partial charge in [-0.25, -0.2) is 19.4 Å². The third kappa shape index (κ3) is 4.54. The van der Waals surface area contributed by atoms with E-state index >= 15 is 0 Å². The molecule has 0 radical (unpaired) electrons. The van der Waals surface area contributed by atoms with Crippen molar-refractivity contribution in [3.63, 3.8) is 0 Å². The van der Waals surface area contributed by atoms with Gasteiger partial charge in [0.1, 0.15) is 28.4 Å². The van der Waals surface area contributed by atoms with Crippen LogP contribution in [0.15, 0.2) is 84.4 Å². The van der Waals surface area contributed by atoms with Crippen LogP contribution in [0, 0.1) is 29.6 Å². The third-order valence-corrected chi connectivity index (χ3v) is 10.9. The summed E-state index contributed by atoms with van der Waals surface area (Å²) in [6.07, 6.45) is 2.01. The quantitative estimate of drug-likeness (QED) is 0.147. The number of phenols is 3. The van der Waals surface area contributed by atoms with Gasteiger partial charge in [-0.3, -0.25) is 19.2 Å². The molecule has 0 bridgehead atoms. The van der Waals surface area contributed by atoms with Crippen molar-refractivity contribution in [1.29, 1.82) is 0 Å². The number of amides is 4. The molecule has 6 atom stereocenters. The predicted octanol–water partition coefficient (Wildman–Crippen LogP) is 4.40. The summed E-state index contributed by atoms with van der Waals surface area (Å²) in [6, 6.07) is 17.1. The van der Waals surface area contributed by atoms with E-state index in [2.05, 4.69) is 0 Å². The van der Waals surface area contributed by atoms with Crippen LogP contribution in [0.4, 0.5) is 11.4 Å². The first-order valence-corrected chi connectivity index (χ1v) is 16.2. The number of benzene rings is 4. The highest BCUT2D eigenvalue weighted by Crippen LogP contribution is 2.59. The van der Waals surface area contributed by atoms with Gasteiger partial charge in [0.25, 0.3) is 0 Å². The zero-order valence-corrected chi connectivity index (χ0v) is 26.5. The molecule has 3 fully saturated rings. The van der Waals surface area contributed by atoms with E-state index in [0.717, 1.165) is 34.1 Å². The zero-order chi connectivity index (χ0) is 36.0. The van der Waals surface area contributed by atoms with Gasteiger partial charge in [-0.05, 0) is 60.0 Å². The van der Waals surface area contributed by atoms with Crippen LogP contribution in [0.5, 0.6) is 17.2 Å². The lowest BCUT2D eigenvalue weighted by Gasteiger charge is -2.44. The molecule has 0 aromatic heterocycles. The molecule has 4 aliphatic rings. The second kappa shape index (κ2) is 11.3. The molecule has 2 aliphatic heterocycles. The molecule has 0 spiro atoms. The van der Waals surface area contributed by atoms with Gasteiger partial charge >= 0.3 is 11.9 Å². The third-order valence-electron chi connectivity index (χ3n) is 10.9. The van der Waals surface area contributed by atoms with E-state index < -0.39 is 93.7 Å². The first-order valence-electron chi connectivity index (χ1n) is 16.2.